The average Bonchev–Trinajstić information content (AvgIpc) is 2.87. The van der Waals surface area contributed by atoms with Crippen molar-refractivity contribution in [3.63, 3.8) is 0 Å². The van der Waals surface area contributed by atoms with Gasteiger partial charge in [0.05, 0.1) is 0 Å². The minimum absolute atomic E-state index is 0.0775. The molecule has 0 bridgehead atoms. The summed E-state index contributed by atoms with van der Waals surface area (Å²) >= 11 is 1.66. The number of hydrogen-bond acceptors (Lipinski definition) is 2. The minimum atomic E-state index is 0.0775. The Labute approximate surface area is 87.7 Å². The summed E-state index contributed by atoms with van der Waals surface area (Å²) in [6.07, 6.45) is 2.29. The number of thiophene rings is 1. The van der Waals surface area contributed by atoms with E-state index >= 15 is 0 Å². The first-order chi connectivity index (χ1) is 6.86. The van der Waals surface area contributed by atoms with Gasteiger partial charge in [0.2, 0.25) is 0 Å². The molecule has 76 valence electrons. The van der Waals surface area contributed by atoms with Crippen LogP contribution in [0.15, 0.2) is 16.8 Å². The van der Waals surface area contributed by atoms with E-state index < -0.39 is 0 Å². The number of carbonyl (C=O) groups is 1. The van der Waals surface area contributed by atoms with Gasteiger partial charge in [0.1, 0.15) is 0 Å². The summed E-state index contributed by atoms with van der Waals surface area (Å²) in [5, 5.41) is 7.01. The Morgan fingerprint density at radius 3 is 2.93 bits per heavy atom. The first-order valence-corrected chi connectivity index (χ1v) is 5.84. The summed E-state index contributed by atoms with van der Waals surface area (Å²) in [5.41, 5.74) is 1.18. The van der Waals surface area contributed by atoms with Crippen LogP contribution in [0.5, 0.6) is 0 Å². The molecule has 0 aromatic carbocycles. The lowest BCUT2D eigenvalue weighted by molar-refractivity contribution is 0.208. The lowest BCUT2D eigenvalue weighted by Crippen LogP contribution is -2.37. The molecule has 2 rings (SSSR count). The van der Waals surface area contributed by atoms with Crippen LogP contribution >= 0.6 is 11.3 Å². The third kappa shape index (κ3) is 2.26. The third-order valence-corrected chi connectivity index (χ3v) is 3.15. The topological polar surface area (TPSA) is 32.3 Å². The normalized spacial score (nSPS) is 15.9. The summed E-state index contributed by atoms with van der Waals surface area (Å²) in [7, 11) is 0. The molecule has 4 heteroatoms. The predicted molar refractivity (Wildman–Crippen MR) is 57.4 cm³/mol. The van der Waals surface area contributed by atoms with Crippen molar-refractivity contribution in [3.05, 3.63) is 22.4 Å². The van der Waals surface area contributed by atoms with Crippen LogP contribution in [0.25, 0.3) is 0 Å². The van der Waals surface area contributed by atoms with Crippen LogP contribution in [0.1, 0.15) is 18.4 Å². The molecule has 0 saturated carbocycles. The maximum absolute atomic E-state index is 11.6. The zero-order chi connectivity index (χ0) is 9.80. The van der Waals surface area contributed by atoms with Crippen LogP contribution < -0.4 is 5.32 Å². The smallest absolute Gasteiger partial charge is 0.317 e. The molecule has 1 aromatic rings. The fraction of sp³-hybridized carbons (Fsp3) is 0.500. The molecule has 1 saturated heterocycles. The minimum Gasteiger partial charge on any atom is -0.334 e. The Hall–Kier alpha value is -1.03. The molecule has 0 radical (unpaired) electrons. The molecule has 1 aliphatic heterocycles. The Kier molecular flexibility index (Phi) is 3.03. The second kappa shape index (κ2) is 4.46. The number of urea groups is 1. The van der Waals surface area contributed by atoms with E-state index in [1.165, 1.54) is 5.56 Å². The van der Waals surface area contributed by atoms with Crippen molar-refractivity contribution in [1.82, 2.24) is 10.2 Å². The molecular formula is C10H14N2OS. The van der Waals surface area contributed by atoms with Gasteiger partial charge in [-0.2, -0.15) is 11.3 Å². The van der Waals surface area contributed by atoms with Crippen molar-refractivity contribution in [3.8, 4) is 0 Å². The van der Waals surface area contributed by atoms with E-state index in [4.69, 9.17) is 0 Å². The first kappa shape index (κ1) is 9.52. The first-order valence-electron chi connectivity index (χ1n) is 4.90. The fourth-order valence-corrected chi connectivity index (χ4v) is 2.27. The van der Waals surface area contributed by atoms with Crippen LogP contribution in [0.2, 0.25) is 0 Å². The molecule has 14 heavy (non-hydrogen) atoms. The fourth-order valence-electron chi connectivity index (χ4n) is 1.60. The van der Waals surface area contributed by atoms with Gasteiger partial charge in [-0.25, -0.2) is 4.79 Å². The highest BCUT2D eigenvalue weighted by Crippen LogP contribution is 2.08. The van der Waals surface area contributed by atoms with Crippen LogP contribution in [0.3, 0.4) is 0 Å². The number of nitrogens with one attached hydrogen (secondary N) is 1. The van der Waals surface area contributed by atoms with Gasteiger partial charge in [-0.15, -0.1) is 0 Å². The highest BCUT2D eigenvalue weighted by molar-refractivity contribution is 7.07. The van der Waals surface area contributed by atoms with Gasteiger partial charge in [-0.05, 0) is 35.2 Å². The SMILES string of the molecule is O=C(NCc1ccsc1)N1CCCC1. The van der Waals surface area contributed by atoms with Crippen molar-refractivity contribution in [1.29, 1.82) is 0 Å². The number of amides is 2. The van der Waals surface area contributed by atoms with Gasteiger partial charge in [0.25, 0.3) is 0 Å². The highest BCUT2D eigenvalue weighted by Gasteiger charge is 2.16. The van der Waals surface area contributed by atoms with Crippen LogP contribution in [0, 0.1) is 0 Å². The van der Waals surface area contributed by atoms with E-state index in [-0.39, 0.29) is 6.03 Å². The summed E-state index contributed by atoms with van der Waals surface area (Å²) in [4.78, 5) is 13.4. The maximum Gasteiger partial charge on any atom is 0.317 e. The zero-order valence-electron chi connectivity index (χ0n) is 8.03. The Morgan fingerprint density at radius 2 is 2.29 bits per heavy atom. The lowest BCUT2D eigenvalue weighted by Gasteiger charge is -2.15. The van der Waals surface area contributed by atoms with Gasteiger partial charge in [0, 0.05) is 19.6 Å². The van der Waals surface area contributed by atoms with Gasteiger partial charge in [-0.3, -0.25) is 0 Å². The monoisotopic (exact) mass is 210 g/mol. The van der Waals surface area contributed by atoms with Crippen molar-refractivity contribution in [2.24, 2.45) is 0 Å². The standard InChI is InChI=1S/C10H14N2OS/c13-10(12-4-1-2-5-12)11-7-9-3-6-14-8-9/h3,6,8H,1-2,4-5,7H2,(H,11,13). The summed E-state index contributed by atoms with van der Waals surface area (Å²) in [6, 6.07) is 2.11. The molecule has 0 spiro atoms. The summed E-state index contributed by atoms with van der Waals surface area (Å²) in [5.74, 6) is 0. The van der Waals surface area contributed by atoms with Crippen LogP contribution in [-0.2, 0) is 6.54 Å². The van der Waals surface area contributed by atoms with Gasteiger partial charge >= 0.3 is 6.03 Å². The third-order valence-electron chi connectivity index (χ3n) is 2.42. The molecule has 2 amide bonds. The Morgan fingerprint density at radius 1 is 1.50 bits per heavy atom. The second-order valence-electron chi connectivity index (χ2n) is 3.48. The van der Waals surface area contributed by atoms with E-state index in [0.717, 1.165) is 25.9 Å². The van der Waals surface area contributed by atoms with E-state index in [1.54, 1.807) is 11.3 Å². The van der Waals surface area contributed by atoms with E-state index in [0.29, 0.717) is 6.54 Å². The number of nitrogens with zero attached hydrogens (tertiary/aromatic N) is 1. The molecule has 1 aromatic heterocycles. The van der Waals surface area contributed by atoms with Crippen molar-refractivity contribution in [2.45, 2.75) is 19.4 Å². The maximum atomic E-state index is 11.6. The van der Waals surface area contributed by atoms with Gasteiger partial charge < -0.3 is 10.2 Å². The molecule has 2 heterocycles. The summed E-state index contributed by atoms with van der Waals surface area (Å²) < 4.78 is 0. The molecule has 1 aliphatic rings. The van der Waals surface area contributed by atoms with Crippen molar-refractivity contribution >= 4 is 17.4 Å². The number of rotatable bonds is 2. The molecular weight excluding hydrogens is 196 g/mol. The quantitative estimate of drug-likeness (QED) is 0.796. The van der Waals surface area contributed by atoms with Crippen molar-refractivity contribution in [2.75, 3.05) is 13.1 Å². The average molecular weight is 210 g/mol. The second-order valence-corrected chi connectivity index (χ2v) is 4.26. The Bertz CT molecular complexity index is 291. The summed E-state index contributed by atoms with van der Waals surface area (Å²) in [6.45, 7) is 2.48. The molecule has 1 N–H and O–H groups in total. The number of likely N-dealkylation sites (tertiary alicyclic amines) is 1. The predicted octanol–water partition coefficient (Wildman–Crippen LogP) is 2.05. The van der Waals surface area contributed by atoms with Gasteiger partial charge in [0.15, 0.2) is 0 Å². The van der Waals surface area contributed by atoms with E-state index in [1.807, 2.05) is 16.3 Å². The largest absolute Gasteiger partial charge is 0.334 e. The molecule has 0 aliphatic carbocycles. The number of hydrogen-bond donors (Lipinski definition) is 1. The molecule has 0 atom stereocenters. The van der Waals surface area contributed by atoms with Crippen molar-refractivity contribution < 1.29 is 4.79 Å². The lowest BCUT2D eigenvalue weighted by atomic mass is 10.3. The van der Waals surface area contributed by atoms with Crippen LogP contribution in [0.4, 0.5) is 4.79 Å². The van der Waals surface area contributed by atoms with Gasteiger partial charge in [-0.1, -0.05) is 0 Å². The highest BCUT2D eigenvalue weighted by atomic mass is 32.1. The zero-order valence-corrected chi connectivity index (χ0v) is 8.85. The Balaban J connectivity index is 1.77. The van der Waals surface area contributed by atoms with E-state index in [9.17, 15) is 4.79 Å². The van der Waals surface area contributed by atoms with E-state index in [2.05, 4.69) is 10.7 Å². The number of carbonyl (C=O) groups excluding carboxylic acids is 1. The molecule has 0 unspecified atom stereocenters. The molecule has 1 fully saturated rings. The molecule has 3 nitrogen and oxygen atoms in total. The van der Waals surface area contributed by atoms with Crippen LogP contribution in [-0.4, -0.2) is 24.0 Å².